The van der Waals surface area contributed by atoms with Crippen LogP contribution >= 0.6 is 0 Å². The van der Waals surface area contributed by atoms with E-state index in [0.717, 1.165) is 25.7 Å². The molecule has 0 N–H and O–H groups in total. The van der Waals surface area contributed by atoms with Gasteiger partial charge in [-0.15, -0.1) is 0 Å². The van der Waals surface area contributed by atoms with Gasteiger partial charge in [0.2, 0.25) is 0 Å². The molecule has 0 aromatic carbocycles. The number of hydrogen-bond acceptors (Lipinski definition) is 7. The monoisotopic (exact) mass is 397 g/mol. The van der Waals surface area contributed by atoms with Crippen molar-refractivity contribution >= 4 is 22.1 Å². The second-order valence-electron chi connectivity index (χ2n) is 6.82. The van der Waals surface area contributed by atoms with E-state index in [-0.39, 0.29) is 0 Å². The molecule has 2 unspecified atom stereocenters. The van der Waals surface area contributed by atoms with E-state index in [9.17, 15) is 31.3 Å². The number of alkyl halides is 2. The average Bonchev–Trinajstić information content (AvgIpc) is 2.61. The molecule has 2 aliphatic carbocycles. The van der Waals surface area contributed by atoms with Crippen molar-refractivity contribution in [2.75, 3.05) is 0 Å². The first-order chi connectivity index (χ1) is 12.2. The van der Waals surface area contributed by atoms with Gasteiger partial charge in [0.25, 0.3) is 6.17 Å². The van der Waals surface area contributed by atoms with Gasteiger partial charge in [0, 0.05) is 0 Å². The first-order valence-electron chi connectivity index (χ1n) is 8.86. The van der Waals surface area contributed by atoms with Crippen LogP contribution in [-0.2, 0) is 29.2 Å². The van der Waals surface area contributed by atoms with E-state index < -0.39 is 45.4 Å². The molecule has 0 amide bonds. The Morgan fingerprint density at radius 3 is 1.77 bits per heavy atom. The van der Waals surface area contributed by atoms with Crippen LogP contribution in [-0.4, -0.2) is 48.3 Å². The van der Waals surface area contributed by atoms with Gasteiger partial charge in [-0.1, -0.05) is 12.8 Å². The molecule has 2 fully saturated rings. The van der Waals surface area contributed by atoms with Crippen molar-refractivity contribution in [3.05, 3.63) is 0 Å². The number of carbonyl (C=O) groups excluding carboxylic acids is 2. The van der Waals surface area contributed by atoms with E-state index in [1.807, 2.05) is 0 Å². The van der Waals surface area contributed by atoms with Crippen molar-refractivity contribution in [3.8, 4) is 0 Å². The third-order valence-corrected chi connectivity index (χ3v) is 5.94. The minimum Gasteiger partial charge on any atom is -0.745 e. The molecule has 150 valence electrons. The standard InChI is InChI=1S/C16H24F2O7S/c17-13(14(19)24-11-7-3-1-4-8-11)16(18,26(21,22)23)15(20)25-12-9-5-2-6-10-12/h11-13H,1-10H2,(H,21,22,23)/p-1. The minimum absolute atomic E-state index is 0.351. The van der Waals surface area contributed by atoms with Crippen LogP contribution in [0.25, 0.3) is 0 Å². The summed E-state index contributed by atoms with van der Waals surface area (Å²) in [5, 5.41) is -4.66. The van der Waals surface area contributed by atoms with Crippen LogP contribution in [0.4, 0.5) is 8.78 Å². The van der Waals surface area contributed by atoms with Crippen molar-refractivity contribution in [3.63, 3.8) is 0 Å². The lowest BCUT2D eigenvalue weighted by Gasteiger charge is -2.31. The van der Waals surface area contributed by atoms with Crippen LogP contribution < -0.4 is 0 Å². The van der Waals surface area contributed by atoms with Gasteiger partial charge in [-0.2, -0.15) is 0 Å². The van der Waals surface area contributed by atoms with Crippen molar-refractivity contribution in [2.45, 2.75) is 87.6 Å². The van der Waals surface area contributed by atoms with Crippen molar-refractivity contribution in [2.24, 2.45) is 0 Å². The molecule has 0 aliphatic heterocycles. The zero-order valence-electron chi connectivity index (χ0n) is 14.3. The summed E-state index contributed by atoms with van der Waals surface area (Å²) in [6, 6.07) is 0. The number of ether oxygens (including phenoxy) is 2. The quantitative estimate of drug-likeness (QED) is 0.499. The molecule has 2 aliphatic rings. The Hall–Kier alpha value is -1.29. The van der Waals surface area contributed by atoms with Crippen LogP contribution in [0.3, 0.4) is 0 Å². The van der Waals surface area contributed by atoms with E-state index in [4.69, 9.17) is 9.47 Å². The highest BCUT2D eigenvalue weighted by Crippen LogP contribution is 2.32. The van der Waals surface area contributed by atoms with Gasteiger partial charge in [-0.05, 0) is 51.4 Å². The Bertz CT molecular complexity index is 612. The van der Waals surface area contributed by atoms with Crippen LogP contribution in [0.15, 0.2) is 0 Å². The van der Waals surface area contributed by atoms with E-state index in [1.165, 1.54) is 0 Å². The molecule has 7 nitrogen and oxygen atoms in total. The Labute approximate surface area is 151 Å². The second-order valence-corrected chi connectivity index (χ2v) is 8.33. The third kappa shape index (κ3) is 4.70. The summed E-state index contributed by atoms with van der Waals surface area (Å²) in [6.07, 6.45) is 1.01. The lowest BCUT2D eigenvalue weighted by molar-refractivity contribution is -0.174. The maximum absolute atomic E-state index is 14.8. The number of hydrogen-bond donors (Lipinski definition) is 0. The molecule has 0 spiro atoms. The molecule has 0 aromatic heterocycles. The van der Waals surface area contributed by atoms with E-state index in [0.29, 0.717) is 38.5 Å². The molecular formula is C16H23F2O7S-. The van der Waals surface area contributed by atoms with Gasteiger partial charge in [0.05, 0.1) is 0 Å². The maximum atomic E-state index is 14.8. The first kappa shape index (κ1) is 21.0. The Morgan fingerprint density at radius 1 is 0.923 bits per heavy atom. The molecular weight excluding hydrogens is 374 g/mol. The molecule has 26 heavy (non-hydrogen) atoms. The predicted octanol–water partition coefficient (Wildman–Crippen LogP) is 2.29. The normalized spacial score (nSPS) is 23.7. The molecule has 0 bridgehead atoms. The van der Waals surface area contributed by atoms with Gasteiger partial charge < -0.3 is 14.0 Å². The highest BCUT2D eigenvalue weighted by molar-refractivity contribution is 7.87. The number of rotatable bonds is 6. The number of esters is 2. The minimum atomic E-state index is -6.17. The highest BCUT2D eigenvalue weighted by atomic mass is 32.2. The van der Waals surface area contributed by atoms with Crippen LogP contribution in [0, 0.1) is 0 Å². The molecule has 0 heterocycles. The average molecular weight is 397 g/mol. The van der Waals surface area contributed by atoms with Gasteiger partial charge in [-0.3, -0.25) is 0 Å². The Balaban J connectivity index is 2.12. The van der Waals surface area contributed by atoms with Crippen molar-refractivity contribution in [1.82, 2.24) is 0 Å². The summed E-state index contributed by atoms with van der Waals surface area (Å²) in [7, 11) is -6.17. The molecule has 2 saturated carbocycles. The van der Waals surface area contributed by atoms with E-state index in [1.54, 1.807) is 0 Å². The molecule has 2 rings (SSSR count). The lowest BCUT2D eigenvalue weighted by atomic mass is 9.97. The summed E-state index contributed by atoms with van der Waals surface area (Å²) in [4.78, 5) is 23.8. The number of carbonyl (C=O) groups is 2. The van der Waals surface area contributed by atoms with E-state index >= 15 is 0 Å². The third-order valence-electron chi connectivity index (χ3n) is 4.84. The SMILES string of the molecule is O=C(OC1CCCCC1)C(F)C(F)(C(=O)OC1CCCCC1)S(=O)(=O)[O-]. The Morgan fingerprint density at radius 2 is 1.35 bits per heavy atom. The summed E-state index contributed by atoms with van der Waals surface area (Å²) < 4.78 is 72.5. The predicted molar refractivity (Wildman–Crippen MR) is 84.4 cm³/mol. The summed E-state index contributed by atoms with van der Waals surface area (Å²) in [5.41, 5.74) is 0. The van der Waals surface area contributed by atoms with Crippen molar-refractivity contribution in [1.29, 1.82) is 0 Å². The largest absolute Gasteiger partial charge is 0.745 e. The Kier molecular flexibility index (Phi) is 6.95. The van der Waals surface area contributed by atoms with Crippen LogP contribution in [0.5, 0.6) is 0 Å². The fraction of sp³-hybridized carbons (Fsp3) is 0.875. The first-order valence-corrected chi connectivity index (χ1v) is 10.3. The molecule has 10 heteroatoms. The summed E-state index contributed by atoms with van der Waals surface area (Å²) in [5.74, 6) is -4.06. The smallest absolute Gasteiger partial charge is 0.362 e. The lowest BCUT2D eigenvalue weighted by Crippen LogP contribution is -2.55. The van der Waals surface area contributed by atoms with Crippen LogP contribution in [0.1, 0.15) is 64.2 Å². The topological polar surface area (TPSA) is 110 Å². The number of halogens is 2. The van der Waals surface area contributed by atoms with Gasteiger partial charge >= 0.3 is 16.9 Å². The van der Waals surface area contributed by atoms with Gasteiger partial charge in [0.1, 0.15) is 22.3 Å². The van der Waals surface area contributed by atoms with E-state index in [2.05, 4.69) is 0 Å². The summed E-state index contributed by atoms with van der Waals surface area (Å²) in [6.45, 7) is 0. The highest BCUT2D eigenvalue weighted by Gasteiger charge is 2.60. The second kappa shape index (κ2) is 8.60. The molecule has 2 atom stereocenters. The van der Waals surface area contributed by atoms with Crippen molar-refractivity contribution < 1.29 is 40.8 Å². The van der Waals surface area contributed by atoms with Gasteiger partial charge in [0.15, 0.2) is 0 Å². The van der Waals surface area contributed by atoms with Gasteiger partial charge in [-0.25, -0.2) is 26.8 Å². The molecule has 0 aromatic rings. The van der Waals surface area contributed by atoms with Crippen LogP contribution in [0.2, 0.25) is 0 Å². The fourth-order valence-corrected chi connectivity index (χ4v) is 3.91. The maximum Gasteiger partial charge on any atom is 0.362 e. The fourth-order valence-electron chi connectivity index (χ4n) is 3.31. The molecule has 0 radical (unpaired) electrons. The summed E-state index contributed by atoms with van der Waals surface area (Å²) >= 11 is 0. The molecule has 0 saturated heterocycles. The zero-order chi connectivity index (χ0) is 19.4. The zero-order valence-corrected chi connectivity index (χ0v) is 15.1.